The molecular formula is C13H14F3N5O2. The predicted molar refractivity (Wildman–Crippen MR) is 74.3 cm³/mol. The Morgan fingerprint density at radius 1 is 1.35 bits per heavy atom. The first-order valence-electron chi connectivity index (χ1n) is 6.53. The van der Waals surface area contributed by atoms with Crippen molar-refractivity contribution in [2.24, 2.45) is 5.73 Å². The highest BCUT2D eigenvalue weighted by Gasteiger charge is 2.29. The molecule has 0 aliphatic carbocycles. The monoisotopic (exact) mass is 329 g/mol. The van der Waals surface area contributed by atoms with E-state index in [1.165, 1.54) is 23.0 Å². The predicted octanol–water partition coefficient (Wildman–Crippen LogP) is 0.603. The van der Waals surface area contributed by atoms with Crippen molar-refractivity contribution < 1.29 is 23.1 Å². The molecule has 0 bridgehead atoms. The van der Waals surface area contributed by atoms with Crippen LogP contribution in [-0.2, 0) is 17.5 Å². The van der Waals surface area contributed by atoms with E-state index in [0.29, 0.717) is 5.56 Å². The highest BCUT2D eigenvalue weighted by Crippen LogP contribution is 2.29. The van der Waals surface area contributed by atoms with Crippen molar-refractivity contribution in [2.75, 3.05) is 11.9 Å². The van der Waals surface area contributed by atoms with Gasteiger partial charge in [-0.2, -0.15) is 13.2 Å². The number of anilines is 1. The topological polar surface area (TPSA) is 106 Å². The number of hydrogen-bond donors (Lipinski definition) is 3. The second kappa shape index (κ2) is 6.75. The van der Waals surface area contributed by atoms with Gasteiger partial charge in [-0.1, -0.05) is 17.3 Å². The molecule has 0 saturated carbocycles. The van der Waals surface area contributed by atoms with Crippen LogP contribution >= 0.6 is 0 Å². The smallest absolute Gasteiger partial charge is 0.394 e. The molecule has 23 heavy (non-hydrogen) atoms. The molecule has 0 radical (unpaired) electrons. The minimum absolute atomic E-state index is 0.130. The van der Waals surface area contributed by atoms with E-state index < -0.39 is 30.3 Å². The number of rotatable bonds is 5. The SMILES string of the molecule is N[C@@H](CO)C(=O)Nc1cn(Cc2ccc(C(F)(F)F)cc2)nn1. The summed E-state index contributed by atoms with van der Waals surface area (Å²) >= 11 is 0. The van der Waals surface area contributed by atoms with Crippen molar-refractivity contribution in [2.45, 2.75) is 18.8 Å². The first-order valence-corrected chi connectivity index (χ1v) is 6.53. The highest BCUT2D eigenvalue weighted by molar-refractivity contribution is 5.93. The number of hydrogen-bond acceptors (Lipinski definition) is 5. The fraction of sp³-hybridized carbons (Fsp3) is 0.308. The van der Waals surface area contributed by atoms with Crippen LogP contribution in [-0.4, -0.2) is 38.7 Å². The summed E-state index contributed by atoms with van der Waals surface area (Å²) in [6.45, 7) is -0.321. The van der Waals surface area contributed by atoms with Crippen LogP contribution in [0.2, 0.25) is 0 Å². The molecule has 4 N–H and O–H groups in total. The Balaban J connectivity index is 2.00. The maximum atomic E-state index is 12.5. The molecule has 10 heteroatoms. The zero-order chi connectivity index (χ0) is 17.0. The molecule has 1 aromatic carbocycles. The molecule has 1 heterocycles. The Labute approximate surface area is 128 Å². The van der Waals surface area contributed by atoms with E-state index in [4.69, 9.17) is 10.8 Å². The van der Waals surface area contributed by atoms with E-state index in [0.717, 1.165) is 12.1 Å². The standard InChI is InChI=1S/C13H14F3N5O2/c14-13(15,16)9-3-1-8(2-4-9)5-21-6-11(19-20-21)18-12(23)10(17)7-22/h1-4,6,10,22H,5,7,17H2,(H,18,23)/t10-/m0/s1. The molecule has 124 valence electrons. The minimum Gasteiger partial charge on any atom is -0.394 e. The molecule has 0 aliphatic rings. The summed E-state index contributed by atoms with van der Waals surface area (Å²) < 4.78 is 38.8. The summed E-state index contributed by atoms with van der Waals surface area (Å²) in [7, 11) is 0. The number of halogens is 3. The number of carbonyl (C=O) groups is 1. The molecule has 0 aliphatic heterocycles. The molecule has 2 aromatic rings. The summed E-state index contributed by atoms with van der Waals surface area (Å²) in [5.74, 6) is -0.486. The first-order chi connectivity index (χ1) is 10.8. The Bertz CT molecular complexity index is 669. The Hall–Kier alpha value is -2.46. The van der Waals surface area contributed by atoms with Gasteiger partial charge in [0.1, 0.15) is 6.04 Å². The molecular weight excluding hydrogens is 315 g/mol. The zero-order valence-electron chi connectivity index (χ0n) is 11.8. The van der Waals surface area contributed by atoms with Crippen molar-refractivity contribution in [3.63, 3.8) is 0 Å². The molecule has 0 unspecified atom stereocenters. The van der Waals surface area contributed by atoms with Crippen LogP contribution in [0, 0.1) is 0 Å². The van der Waals surface area contributed by atoms with Gasteiger partial charge in [-0.05, 0) is 17.7 Å². The number of aliphatic hydroxyl groups is 1. The Kier molecular flexibility index (Phi) is 4.96. The van der Waals surface area contributed by atoms with Gasteiger partial charge >= 0.3 is 6.18 Å². The van der Waals surface area contributed by atoms with Crippen LogP contribution in [0.1, 0.15) is 11.1 Å². The van der Waals surface area contributed by atoms with E-state index in [9.17, 15) is 18.0 Å². The van der Waals surface area contributed by atoms with Crippen molar-refractivity contribution in [1.29, 1.82) is 0 Å². The number of benzene rings is 1. The van der Waals surface area contributed by atoms with E-state index in [2.05, 4.69) is 15.6 Å². The van der Waals surface area contributed by atoms with Gasteiger partial charge in [0.2, 0.25) is 5.91 Å². The average molecular weight is 329 g/mol. The number of nitrogens with zero attached hydrogens (tertiary/aromatic N) is 3. The van der Waals surface area contributed by atoms with Gasteiger partial charge in [-0.25, -0.2) is 4.68 Å². The molecule has 7 nitrogen and oxygen atoms in total. The van der Waals surface area contributed by atoms with Crippen molar-refractivity contribution in [1.82, 2.24) is 15.0 Å². The third-order valence-corrected chi connectivity index (χ3v) is 2.95. The number of carbonyl (C=O) groups excluding carboxylic acids is 1. The van der Waals surface area contributed by atoms with Gasteiger partial charge in [0.05, 0.1) is 24.9 Å². The van der Waals surface area contributed by atoms with Crippen molar-refractivity contribution in [3.05, 3.63) is 41.6 Å². The molecule has 1 amide bonds. The lowest BCUT2D eigenvalue weighted by molar-refractivity contribution is -0.137. The lowest BCUT2D eigenvalue weighted by Gasteiger charge is -2.07. The van der Waals surface area contributed by atoms with Crippen molar-refractivity contribution >= 4 is 11.7 Å². The second-order valence-corrected chi connectivity index (χ2v) is 4.77. The number of nitrogens with one attached hydrogen (secondary N) is 1. The number of nitrogens with two attached hydrogens (primary N) is 1. The lowest BCUT2D eigenvalue weighted by Crippen LogP contribution is -2.38. The van der Waals surface area contributed by atoms with E-state index in [1.54, 1.807) is 0 Å². The van der Waals surface area contributed by atoms with Gasteiger partial charge in [-0.3, -0.25) is 4.79 Å². The average Bonchev–Trinajstić information content (AvgIpc) is 2.93. The summed E-state index contributed by atoms with van der Waals surface area (Å²) in [5.41, 5.74) is 5.19. The van der Waals surface area contributed by atoms with E-state index in [-0.39, 0.29) is 12.4 Å². The third kappa shape index (κ3) is 4.50. The van der Waals surface area contributed by atoms with Gasteiger partial charge in [-0.15, -0.1) is 5.10 Å². The summed E-state index contributed by atoms with van der Waals surface area (Å²) in [4.78, 5) is 11.5. The second-order valence-electron chi connectivity index (χ2n) is 4.77. The van der Waals surface area contributed by atoms with Crippen molar-refractivity contribution in [3.8, 4) is 0 Å². The quantitative estimate of drug-likeness (QED) is 0.745. The molecule has 1 aromatic heterocycles. The Morgan fingerprint density at radius 2 is 2.00 bits per heavy atom. The van der Waals surface area contributed by atoms with Gasteiger partial charge < -0.3 is 16.2 Å². The van der Waals surface area contributed by atoms with E-state index in [1.807, 2.05) is 0 Å². The van der Waals surface area contributed by atoms with Crippen LogP contribution in [0.15, 0.2) is 30.5 Å². The van der Waals surface area contributed by atoms with Crippen LogP contribution < -0.4 is 11.1 Å². The molecule has 0 saturated heterocycles. The Morgan fingerprint density at radius 3 is 2.57 bits per heavy atom. The van der Waals surface area contributed by atoms with Crippen LogP contribution in [0.25, 0.3) is 0 Å². The zero-order valence-corrected chi connectivity index (χ0v) is 11.8. The maximum absolute atomic E-state index is 12.5. The summed E-state index contributed by atoms with van der Waals surface area (Å²) in [6, 6.07) is 3.56. The molecule has 1 atom stereocenters. The molecule has 2 rings (SSSR count). The van der Waals surface area contributed by atoms with Gasteiger partial charge in [0.15, 0.2) is 5.82 Å². The maximum Gasteiger partial charge on any atom is 0.416 e. The number of aliphatic hydroxyl groups excluding tert-OH is 1. The van der Waals surface area contributed by atoms with Crippen LogP contribution in [0.5, 0.6) is 0 Å². The fourth-order valence-corrected chi connectivity index (χ4v) is 1.72. The lowest BCUT2D eigenvalue weighted by atomic mass is 10.1. The minimum atomic E-state index is -4.38. The molecule has 0 spiro atoms. The third-order valence-electron chi connectivity index (χ3n) is 2.95. The normalized spacial score (nSPS) is 12.9. The molecule has 0 fully saturated rings. The van der Waals surface area contributed by atoms with E-state index >= 15 is 0 Å². The summed E-state index contributed by atoms with van der Waals surface area (Å²) in [6.07, 6.45) is -2.98. The highest BCUT2D eigenvalue weighted by atomic mass is 19.4. The summed E-state index contributed by atoms with van der Waals surface area (Å²) in [5, 5.41) is 18.6. The number of amides is 1. The number of aromatic nitrogens is 3. The largest absolute Gasteiger partial charge is 0.416 e. The van der Waals surface area contributed by atoms with Crippen LogP contribution in [0.3, 0.4) is 0 Å². The van der Waals surface area contributed by atoms with Crippen LogP contribution in [0.4, 0.5) is 19.0 Å². The number of alkyl halides is 3. The van der Waals surface area contributed by atoms with Gasteiger partial charge in [0.25, 0.3) is 0 Å². The first kappa shape index (κ1) is 16.9. The van der Waals surface area contributed by atoms with Gasteiger partial charge in [0, 0.05) is 0 Å². The fourth-order valence-electron chi connectivity index (χ4n) is 1.72.